The molecular weight excluding hydrogens is 340 g/mol. The van der Waals surface area contributed by atoms with Crippen LogP contribution < -0.4 is 0 Å². The van der Waals surface area contributed by atoms with Crippen LogP contribution in [0.1, 0.15) is 65.7 Å². The molecule has 154 valence electrons. The van der Waals surface area contributed by atoms with Crippen molar-refractivity contribution in [2.75, 3.05) is 7.11 Å². The molecule has 4 heteroatoms. The van der Waals surface area contributed by atoms with Crippen LogP contribution in [0.15, 0.2) is 48.6 Å². The van der Waals surface area contributed by atoms with Crippen LogP contribution in [-0.2, 0) is 9.53 Å². The molecule has 0 fully saturated rings. The Morgan fingerprint density at radius 1 is 1.04 bits per heavy atom. The molecule has 0 radical (unpaired) electrons. The number of rotatable bonds is 15. The average molecular weight is 379 g/mol. The predicted molar refractivity (Wildman–Crippen MR) is 113 cm³/mol. The number of hydrogen-bond donors (Lipinski definition) is 2. The molecular formula is C23H38O4. The van der Waals surface area contributed by atoms with E-state index in [-0.39, 0.29) is 11.4 Å². The highest BCUT2D eigenvalue weighted by molar-refractivity contribution is 5.75. The van der Waals surface area contributed by atoms with Crippen molar-refractivity contribution in [3.63, 3.8) is 0 Å². The zero-order valence-corrected chi connectivity index (χ0v) is 17.4. The summed E-state index contributed by atoms with van der Waals surface area (Å²) in [6.45, 7) is 5.81. The molecule has 0 amide bonds. The summed E-state index contributed by atoms with van der Waals surface area (Å²) in [5, 5.41) is 19.6. The highest BCUT2D eigenvalue weighted by atomic mass is 16.5. The van der Waals surface area contributed by atoms with E-state index in [1.54, 1.807) is 25.3 Å². The van der Waals surface area contributed by atoms with Crippen LogP contribution >= 0.6 is 0 Å². The molecule has 0 spiro atoms. The van der Waals surface area contributed by atoms with Gasteiger partial charge in [-0.2, -0.15) is 0 Å². The van der Waals surface area contributed by atoms with Gasteiger partial charge in [-0.15, -0.1) is 0 Å². The number of Topliss-reactive ketones (excluding diaryl/α,β-unsaturated/α-hetero) is 1. The van der Waals surface area contributed by atoms with Crippen molar-refractivity contribution in [1.29, 1.82) is 0 Å². The maximum Gasteiger partial charge on any atom is 0.129 e. The van der Waals surface area contributed by atoms with E-state index >= 15 is 0 Å². The lowest BCUT2D eigenvalue weighted by Gasteiger charge is -2.24. The molecule has 4 nitrogen and oxygen atoms in total. The minimum Gasteiger partial charge on any atom is -0.390 e. The molecule has 0 aliphatic rings. The summed E-state index contributed by atoms with van der Waals surface area (Å²) >= 11 is 0. The van der Waals surface area contributed by atoms with Gasteiger partial charge in [-0.1, -0.05) is 74.8 Å². The Labute approximate surface area is 165 Å². The molecule has 0 aromatic rings. The van der Waals surface area contributed by atoms with E-state index in [4.69, 9.17) is 4.74 Å². The minimum absolute atomic E-state index is 0.0998. The van der Waals surface area contributed by atoms with Crippen LogP contribution in [0.3, 0.4) is 0 Å². The van der Waals surface area contributed by atoms with Gasteiger partial charge in [0, 0.05) is 13.5 Å². The number of allylic oxidation sites excluding steroid dienone is 6. The van der Waals surface area contributed by atoms with Crippen molar-refractivity contribution in [2.24, 2.45) is 0 Å². The van der Waals surface area contributed by atoms with E-state index in [9.17, 15) is 15.0 Å². The second-order valence-electron chi connectivity index (χ2n) is 7.14. The Bertz CT molecular complexity index is 505. The normalized spacial score (nSPS) is 17.3. The van der Waals surface area contributed by atoms with Crippen molar-refractivity contribution < 1.29 is 19.7 Å². The van der Waals surface area contributed by atoms with E-state index in [1.165, 1.54) is 19.8 Å². The largest absolute Gasteiger partial charge is 0.390 e. The van der Waals surface area contributed by atoms with Crippen molar-refractivity contribution >= 4 is 5.78 Å². The number of carbonyl (C=O) groups is 1. The summed E-state index contributed by atoms with van der Waals surface area (Å²) < 4.78 is 5.60. The van der Waals surface area contributed by atoms with Gasteiger partial charge in [-0.05, 0) is 33.1 Å². The van der Waals surface area contributed by atoms with Crippen LogP contribution in [0, 0.1) is 0 Å². The highest BCUT2D eigenvalue weighted by Crippen LogP contribution is 2.20. The number of aliphatic hydroxyl groups is 2. The van der Waals surface area contributed by atoms with Gasteiger partial charge in [0.2, 0.25) is 0 Å². The SMILES string of the molecule is CCCCCC(C)(/C=C/C=C\C=C\C=C\[C@@H](O)[C@@H](O)CCCC(C)=O)OC. The second-order valence-corrected chi connectivity index (χ2v) is 7.14. The minimum atomic E-state index is -0.920. The molecule has 0 aromatic heterocycles. The summed E-state index contributed by atoms with van der Waals surface area (Å²) in [6, 6.07) is 0. The standard InChI is InChI=1S/C23H38O4/c1-5-6-12-18-23(3,27-4)19-13-10-8-7-9-11-16-21(25)22(26)17-14-15-20(2)24/h7-11,13,16,19,21-22,25-26H,5-6,12,14-15,17-18H2,1-4H3/b9-7+,10-8-,16-11+,19-13+/t21-,22+,23?/m1/s1. The molecule has 0 saturated carbocycles. The first-order chi connectivity index (χ1) is 12.8. The molecule has 1 unspecified atom stereocenters. The summed E-state index contributed by atoms with van der Waals surface area (Å²) in [5.41, 5.74) is -0.230. The predicted octanol–water partition coefficient (Wildman–Crippen LogP) is 4.68. The van der Waals surface area contributed by atoms with E-state index in [1.807, 2.05) is 24.3 Å². The van der Waals surface area contributed by atoms with Gasteiger partial charge in [-0.3, -0.25) is 0 Å². The highest BCUT2D eigenvalue weighted by Gasteiger charge is 2.18. The molecule has 27 heavy (non-hydrogen) atoms. The molecule has 0 heterocycles. The van der Waals surface area contributed by atoms with Crippen molar-refractivity contribution in [3.8, 4) is 0 Å². The van der Waals surface area contributed by atoms with Crippen LogP contribution in [0.2, 0.25) is 0 Å². The number of ether oxygens (including phenoxy) is 1. The second kappa shape index (κ2) is 15.6. The molecule has 0 rings (SSSR count). The molecule has 0 aliphatic heterocycles. The van der Waals surface area contributed by atoms with Gasteiger partial charge in [-0.25, -0.2) is 0 Å². The Hall–Kier alpha value is -1.49. The molecule has 0 bridgehead atoms. The molecule has 2 N–H and O–H groups in total. The first-order valence-electron chi connectivity index (χ1n) is 9.94. The van der Waals surface area contributed by atoms with Crippen LogP contribution in [0.25, 0.3) is 0 Å². The van der Waals surface area contributed by atoms with Gasteiger partial charge in [0.25, 0.3) is 0 Å². The summed E-state index contributed by atoms with van der Waals surface area (Å²) in [7, 11) is 1.74. The van der Waals surface area contributed by atoms with Crippen LogP contribution in [0.5, 0.6) is 0 Å². The van der Waals surface area contributed by atoms with Crippen molar-refractivity contribution in [2.45, 2.75) is 83.5 Å². The topological polar surface area (TPSA) is 66.8 Å². The number of hydrogen-bond acceptors (Lipinski definition) is 4. The third-order valence-electron chi connectivity index (χ3n) is 4.48. The Morgan fingerprint density at radius 2 is 1.67 bits per heavy atom. The number of unbranched alkanes of at least 4 members (excludes halogenated alkanes) is 2. The Kier molecular flexibility index (Phi) is 14.7. The lowest BCUT2D eigenvalue weighted by atomic mass is 9.97. The third-order valence-corrected chi connectivity index (χ3v) is 4.48. The lowest BCUT2D eigenvalue weighted by molar-refractivity contribution is -0.117. The summed E-state index contributed by atoms with van der Waals surface area (Å²) in [5.74, 6) is 0.0998. The maximum absolute atomic E-state index is 10.9. The molecule has 0 saturated heterocycles. The zero-order chi connectivity index (χ0) is 20.5. The van der Waals surface area contributed by atoms with Crippen LogP contribution in [0.4, 0.5) is 0 Å². The van der Waals surface area contributed by atoms with Gasteiger partial charge < -0.3 is 19.7 Å². The smallest absolute Gasteiger partial charge is 0.129 e. The first kappa shape index (κ1) is 25.5. The third kappa shape index (κ3) is 14.3. The Morgan fingerprint density at radius 3 is 2.26 bits per heavy atom. The monoisotopic (exact) mass is 378 g/mol. The van der Waals surface area contributed by atoms with E-state index in [0.717, 1.165) is 12.8 Å². The molecule has 3 atom stereocenters. The number of ketones is 1. The average Bonchev–Trinajstić information content (AvgIpc) is 2.63. The number of carbonyl (C=O) groups excluding carboxylic acids is 1. The quantitative estimate of drug-likeness (QED) is 0.321. The van der Waals surface area contributed by atoms with Crippen LogP contribution in [-0.4, -0.2) is 40.9 Å². The first-order valence-corrected chi connectivity index (χ1v) is 9.94. The molecule has 0 aromatic carbocycles. The Balaban J connectivity index is 4.24. The van der Waals surface area contributed by atoms with Crippen molar-refractivity contribution in [3.05, 3.63) is 48.6 Å². The van der Waals surface area contributed by atoms with Crippen molar-refractivity contribution in [1.82, 2.24) is 0 Å². The maximum atomic E-state index is 10.9. The zero-order valence-electron chi connectivity index (χ0n) is 17.4. The van der Waals surface area contributed by atoms with Gasteiger partial charge in [0.05, 0.1) is 17.8 Å². The van der Waals surface area contributed by atoms with Gasteiger partial charge in [0.15, 0.2) is 0 Å². The fourth-order valence-corrected chi connectivity index (χ4v) is 2.53. The van der Waals surface area contributed by atoms with Gasteiger partial charge >= 0.3 is 0 Å². The molecule has 0 aliphatic carbocycles. The summed E-state index contributed by atoms with van der Waals surface area (Å²) in [6.07, 6.45) is 19.1. The lowest BCUT2D eigenvalue weighted by Crippen LogP contribution is -2.23. The number of methoxy groups -OCH3 is 1. The fourth-order valence-electron chi connectivity index (χ4n) is 2.53. The van der Waals surface area contributed by atoms with E-state index in [2.05, 4.69) is 19.9 Å². The fraction of sp³-hybridized carbons (Fsp3) is 0.609. The number of aliphatic hydroxyl groups excluding tert-OH is 2. The summed E-state index contributed by atoms with van der Waals surface area (Å²) in [4.78, 5) is 10.9. The van der Waals surface area contributed by atoms with Gasteiger partial charge in [0.1, 0.15) is 5.78 Å². The van der Waals surface area contributed by atoms with E-state index in [0.29, 0.717) is 19.3 Å². The van der Waals surface area contributed by atoms with E-state index < -0.39 is 12.2 Å².